The van der Waals surface area contributed by atoms with E-state index in [1.165, 1.54) is 12.1 Å². The van der Waals surface area contributed by atoms with Gasteiger partial charge in [-0.05, 0) is 31.7 Å². The third kappa shape index (κ3) is 3.14. The van der Waals surface area contributed by atoms with Crippen LogP contribution in [-0.4, -0.2) is 31.1 Å². The molecule has 0 heterocycles. The lowest BCUT2D eigenvalue weighted by atomic mass is 9.83. The number of nitrogens with zero attached hydrogens (tertiary/aromatic N) is 1. The van der Waals surface area contributed by atoms with Crippen LogP contribution in [0.5, 0.6) is 0 Å². The third-order valence-corrected chi connectivity index (χ3v) is 4.88. The molecule has 0 aromatic heterocycles. The minimum Gasteiger partial charge on any atom is -0.393 e. The number of hydrogen-bond acceptors (Lipinski definition) is 5. The standard InChI is InChI=1S/C12H16N2O5S/c1-8-2-3-11(6-12(8)14(16)17)20(18,19)13-7-9-4-10(15)5-9/h2-3,6,9-10,13,15H,4-5,7H2,1H3. The third-order valence-electron chi connectivity index (χ3n) is 3.46. The molecule has 1 aromatic carbocycles. The minimum absolute atomic E-state index is 0.116. The van der Waals surface area contributed by atoms with Crippen molar-refractivity contribution in [3.05, 3.63) is 33.9 Å². The summed E-state index contributed by atoms with van der Waals surface area (Å²) < 4.78 is 26.5. The number of benzene rings is 1. The van der Waals surface area contributed by atoms with Crippen molar-refractivity contribution in [2.24, 2.45) is 5.92 Å². The lowest BCUT2D eigenvalue weighted by molar-refractivity contribution is -0.385. The molecule has 0 bridgehead atoms. The van der Waals surface area contributed by atoms with E-state index in [9.17, 15) is 18.5 Å². The van der Waals surface area contributed by atoms with Crippen LogP contribution in [-0.2, 0) is 10.0 Å². The Bertz CT molecular complexity index is 623. The van der Waals surface area contributed by atoms with E-state index in [0.29, 0.717) is 18.4 Å². The number of nitro groups is 1. The quantitative estimate of drug-likeness (QED) is 0.621. The van der Waals surface area contributed by atoms with E-state index in [1.54, 1.807) is 6.92 Å². The van der Waals surface area contributed by atoms with Gasteiger partial charge >= 0.3 is 0 Å². The number of rotatable bonds is 5. The van der Waals surface area contributed by atoms with E-state index in [0.717, 1.165) is 6.07 Å². The van der Waals surface area contributed by atoms with Gasteiger partial charge in [0.1, 0.15) is 0 Å². The lowest BCUT2D eigenvalue weighted by Gasteiger charge is -2.31. The second-order valence-corrected chi connectivity index (χ2v) is 6.82. The molecule has 0 aliphatic heterocycles. The Kier molecular flexibility index (Phi) is 4.07. The summed E-state index contributed by atoms with van der Waals surface area (Å²) in [5, 5.41) is 20.0. The van der Waals surface area contributed by atoms with Crippen molar-refractivity contribution in [2.45, 2.75) is 30.8 Å². The monoisotopic (exact) mass is 300 g/mol. The molecule has 1 aromatic rings. The molecule has 7 nitrogen and oxygen atoms in total. The van der Waals surface area contributed by atoms with Gasteiger partial charge in [0.05, 0.1) is 15.9 Å². The van der Waals surface area contributed by atoms with Crippen LogP contribution in [0.1, 0.15) is 18.4 Å². The van der Waals surface area contributed by atoms with E-state index >= 15 is 0 Å². The zero-order valence-corrected chi connectivity index (χ0v) is 11.8. The van der Waals surface area contributed by atoms with Crippen LogP contribution in [0.25, 0.3) is 0 Å². The van der Waals surface area contributed by atoms with Crippen molar-refractivity contribution < 1.29 is 18.4 Å². The average molecular weight is 300 g/mol. The maximum atomic E-state index is 12.0. The molecule has 2 rings (SSSR count). The fraction of sp³-hybridized carbons (Fsp3) is 0.500. The molecule has 1 aliphatic carbocycles. The van der Waals surface area contributed by atoms with E-state index < -0.39 is 14.9 Å². The topological polar surface area (TPSA) is 110 Å². The molecule has 0 atom stereocenters. The largest absolute Gasteiger partial charge is 0.393 e. The number of hydrogen-bond donors (Lipinski definition) is 2. The lowest BCUT2D eigenvalue weighted by Crippen LogP contribution is -2.38. The minimum atomic E-state index is -3.76. The molecule has 1 saturated carbocycles. The second-order valence-electron chi connectivity index (χ2n) is 5.05. The summed E-state index contributed by atoms with van der Waals surface area (Å²) in [6, 6.07) is 3.83. The van der Waals surface area contributed by atoms with Gasteiger partial charge in [-0.2, -0.15) is 0 Å². The van der Waals surface area contributed by atoms with Crippen molar-refractivity contribution in [2.75, 3.05) is 6.54 Å². The predicted molar refractivity (Wildman–Crippen MR) is 71.8 cm³/mol. The maximum Gasteiger partial charge on any atom is 0.273 e. The summed E-state index contributed by atoms with van der Waals surface area (Å²) in [4.78, 5) is 10.1. The van der Waals surface area contributed by atoms with Gasteiger partial charge < -0.3 is 5.11 Å². The van der Waals surface area contributed by atoms with Crippen LogP contribution in [0.3, 0.4) is 0 Å². The Hall–Kier alpha value is -1.51. The summed E-state index contributed by atoms with van der Waals surface area (Å²) in [6.45, 7) is 1.79. The summed E-state index contributed by atoms with van der Waals surface area (Å²) in [5.74, 6) is 0.125. The van der Waals surface area contributed by atoms with Crippen LogP contribution in [0, 0.1) is 23.0 Å². The number of aliphatic hydroxyl groups excluding tert-OH is 1. The highest BCUT2D eigenvalue weighted by molar-refractivity contribution is 7.89. The number of aryl methyl sites for hydroxylation is 1. The normalized spacial score (nSPS) is 22.3. The smallest absolute Gasteiger partial charge is 0.273 e. The fourth-order valence-electron chi connectivity index (χ4n) is 2.13. The summed E-state index contributed by atoms with van der Waals surface area (Å²) in [7, 11) is -3.76. The molecule has 2 N–H and O–H groups in total. The SMILES string of the molecule is Cc1ccc(S(=O)(=O)NCC2CC(O)C2)cc1[N+](=O)[O-]. The highest BCUT2D eigenvalue weighted by Gasteiger charge is 2.29. The summed E-state index contributed by atoms with van der Waals surface area (Å²) in [6.07, 6.45) is 0.817. The number of aliphatic hydroxyl groups is 1. The molecule has 0 radical (unpaired) electrons. The molecule has 20 heavy (non-hydrogen) atoms. The van der Waals surface area contributed by atoms with Crippen molar-refractivity contribution in [1.82, 2.24) is 4.72 Å². The summed E-state index contributed by atoms with van der Waals surface area (Å²) >= 11 is 0. The van der Waals surface area contributed by atoms with Crippen molar-refractivity contribution in [3.63, 3.8) is 0 Å². The van der Waals surface area contributed by atoms with Gasteiger partial charge in [0.25, 0.3) is 5.69 Å². The van der Waals surface area contributed by atoms with Gasteiger partial charge in [-0.25, -0.2) is 13.1 Å². The number of nitro benzene ring substituents is 1. The van der Waals surface area contributed by atoms with Crippen LogP contribution >= 0.6 is 0 Å². The van der Waals surface area contributed by atoms with Crippen molar-refractivity contribution >= 4 is 15.7 Å². The fourth-order valence-corrected chi connectivity index (χ4v) is 3.27. The average Bonchev–Trinajstić information content (AvgIpc) is 2.33. The van der Waals surface area contributed by atoms with Crippen molar-refractivity contribution in [3.8, 4) is 0 Å². The first-order chi connectivity index (χ1) is 9.29. The number of sulfonamides is 1. The van der Waals surface area contributed by atoms with Crippen LogP contribution in [0.15, 0.2) is 23.1 Å². The van der Waals surface area contributed by atoms with Crippen LogP contribution in [0.2, 0.25) is 0 Å². The van der Waals surface area contributed by atoms with Gasteiger partial charge in [-0.1, -0.05) is 6.07 Å². The molecule has 1 fully saturated rings. The second kappa shape index (κ2) is 5.47. The molecule has 0 saturated heterocycles. The first kappa shape index (κ1) is 14.9. The summed E-state index contributed by atoms with van der Waals surface area (Å²) in [5.41, 5.74) is 0.197. The van der Waals surface area contributed by atoms with E-state index in [1.807, 2.05) is 0 Å². The first-order valence-electron chi connectivity index (χ1n) is 6.22. The molecular formula is C12H16N2O5S. The highest BCUT2D eigenvalue weighted by Crippen LogP contribution is 2.27. The Morgan fingerprint density at radius 2 is 2.10 bits per heavy atom. The van der Waals surface area contributed by atoms with E-state index in [-0.39, 0.29) is 29.1 Å². The maximum absolute atomic E-state index is 12.0. The Morgan fingerprint density at radius 1 is 1.45 bits per heavy atom. The van der Waals surface area contributed by atoms with Gasteiger partial charge in [0.15, 0.2) is 0 Å². The first-order valence-corrected chi connectivity index (χ1v) is 7.70. The molecule has 0 unspecified atom stereocenters. The highest BCUT2D eigenvalue weighted by atomic mass is 32.2. The molecular weight excluding hydrogens is 284 g/mol. The van der Waals surface area contributed by atoms with Crippen LogP contribution in [0.4, 0.5) is 5.69 Å². The van der Waals surface area contributed by atoms with E-state index in [4.69, 9.17) is 5.11 Å². The molecule has 110 valence electrons. The van der Waals surface area contributed by atoms with Gasteiger partial charge in [0, 0.05) is 18.2 Å². The Balaban J connectivity index is 2.12. The Morgan fingerprint density at radius 3 is 2.65 bits per heavy atom. The predicted octanol–water partition coefficient (Wildman–Crippen LogP) is 0.952. The van der Waals surface area contributed by atoms with Gasteiger partial charge in [-0.15, -0.1) is 0 Å². The molecule has 1 aliphatic rings. The number of nitrogens with one attached hydrogen (secondary N) is 1. The van der Waals surface area contributed by atoms with Gasteiger partial charge in [0.2, 0.25) is 10.0 Å². The van der Waals surface area contributed by atoms with Crippen molar-refractivity contribution in [1.29, 1.82) is 0 Å². The van der Waals surface area contributed by atoms with Gasteiger partial charge in [-0.3, -0.25) is 10.1 Å². The molecule has 0 amide bonds. The zero-order chi connectivity index (χ0) is 14.9. The Labute approximate surface area is 116 Å². The molecule has 0 spiro atoms. The molecule has 8 heteroatoms. The zero-order valence-electron chi connectivity index (χ0n) is 10.9. The van der Waals surface area contributed by atoms with E-state index in [2.05, 4.69) is 4.72 Å². The van der Waals surface area contributed by atoms with Crippen LogP contribution < -0.4 is 4.72 Å².